The largest absolute Gasteiger partial charge is 0.340 e. The molecule has 0 atom stereocenters. The van der Waals surface area contributed by atoms with Gasteiger partial charge in [-0.05, 0) is 73.6 Å². The Hall–Kier alpha value is -3.03. The SMILES string of the molecule is Cc1ccccc1Cn1c(C)c(C2CCN(S(=O)(=O)c3cc(F)ccc3F)CC2)c2ccccc21. The molecule has 0 N–H and O–H groups in total. The Morgan fingerprint density at radius 1 is 0.914 bits per heavy atom. The molecule has 1 saturated heterocycles. The second kappa shape index (κ2) is 9.21. The van der Waals surface area contributed by atoms with Crippen molar-refractivity contribution in [2.24, 2.45) is 0 Å². The van der Waals surface area contributed by atoms with Crippen molar-refractivity contribution in [2.75, 3.05) is 13.1 Å². The van der Waals surface area contributed by atoms with Crippen molar-refractivity contribution >= 4 is 20.9 Å². The third kappa shape index (κ3) is 4.28. The first-order valence-electron chi connectivity index (χ1n) is 11.8. The number of hydrogen-bond donors (Lipinski definition) is 0. The van der Waals surface area contributed by atoms with Gasteiger partial charge in [-0.1, -0.05) is 42.5 Å². The second-order valence-corrected chi connectivity index (χ2v) is 11.2. The predicted molar refractivity (Wildman–Crippen MR) is 134 cm³/mol. The van der Waals surface area contributed by atoms with Gasteiger partial charge in [0.2, 0.25) is 10.0 Å². The zero-order valence-corrected chi connectivity index (χ0v) is 20.7. The van der Waals surface area contributed by atoms with Crippen LogP contribution in [0.5, 0.6) is 0 Å². The number of nitrogens with zero attached hydrogens (tertiary/aromatic N) is 2. The molecule has 0 unspecified atom stereocenters. The van der Waals surface area contributed by atoms with Gasteiger partial charge in [0.25, 0.3) is 0 Å². The van der Waals surface area contributed by atoms with E-state index in [0.717, 1.165) is 24.7 Å². The van der Waals surface area contributed by atoms with Crippen LogP contribution < -0.4 is 0 Å². The van der Waals surface area contributed by atoms with Crippen LogP contribution in [0.1, 0.15) is 41.1 Å². The molecule has 4 nitrogen and oxygen atoms in total. The van der Waals surface area contributed by atoms with Gasteiger partial charge in [0.05, 0.1) is 0 Å². The molecule has 5 rings (SSSR count). The number of hydrogen-bond acceptors (Lipinski definition) is 2. The minimum atomic E-state index is -4.10. The maximum atomic E-state index is 14.2. The number of para-hydroxylation sites is 1. The molecular weight excluding hydrogens is 466 g/mol. The highest BCUT2D eigenvalue weighted by molar-refractivity contribution is 7.89. The number of benzene rings is 3. The van der Waals surface area contributed by atoms with E-state index < -0.39 is 26.6 Å². The van der Waals surface area contributed by atoms with Gasteiger partial charge < -0.3 is 4.57 Å². The maximum Gasteiger partial charge on any atom is 0.246 e. The minimum absolute atomic E-state index is 0.182. The van der Waals surface area contributed by atoms with Gasteiger partial charge in [0, 0.05) is 36.2 Å². The molecule has 1 aliphatic rings. The van der Waals surface area contributed by atoms with E-state index in [4.69, 9.17) is 0 Å². The van der Waals surface area contributed by atoms with Crippen LogP contribution in [-0.4, -0.2) is 30.4 Å². The van der Waals surface area contributed by atoms with E-state index in [1.54, 1.807) is 0 Å². The quantitative estimate of drug-likeness (QED) is 0.334. The molecule has 0 radical (unpaired) electrons. The van der Waals surface area contributed by atoms with Crippen LogP contribution in [-0.2, 0) is 16.6 Å². The number of aryl methyl sites for hydroxylation is 1. The molecule has 182 valence electrons. The average molecular weight is 495 g/mol. The molecule has 2 heterocycles. The summed E-state index contributed by atoms with van der Waals surface area (Å²) in [5.74, 6) is -1.51. The van der Waals surface area contributed by atoms with E-state index in [-0.39, 0.29) is 19.0 Å². The first-order chi connectivity index (χ1) is 16.8. The molecule has 4 aromatic rings. The van der Waals surface area contributed by atoms with E-state index in [1.807, 2.05) is 18.2 Å². The molecule has 3 aromatic carbocycles. The summed E-state index contributed by atoms with van der Waals surface area (Å²) >= 11 is 0. The minimum Gasteiger partial charge on any atom is -0.340 e. The first kappa shape index (κ1) is 23.7. The Morgan fingerprint density at radius 2 is 1.60 bits per heavy atom. The monoisotopic (exact) mass is 494 g/mol. The lowest BCUT2D eigenvalue weighted by atomic mass is 9.88. The van der Waals surface area contributed by atoms with Crippen LogP contribution in [0, 0.1) is 25.5 Å². The van der Waals surface area contributed by atoms with Crippen LogP contribution in [0.15, 0.2) is 71.6 Å². The maximum absolute atomic E-state index is 14.2. The van der Waals surface area contributed by atoms with Crippen LogP contribution in [0.2, 0.25) is 0 Å². The Labute approximate surface area is 204 Å². The molecule has 0 spiro atoms. The van der Waals surface area contributed by atoms with Gasteiger partial charge in [-0.2, -0.15) is 4.31 Å². The van der Waals surface area contributed by atoms with Crippen molar-refractivity contribution in [2.45, 2.75) is 44.0 Å². The van der Waals surface area contributed by atoms with Gasteiger partial charge in [-0.3, -0.25) is 0 Å². The molecule has 0 amide bonds. The Kier molecular flexibility index (Phi) is 6.23. The van der Waals surface area contributed by atoms with Crippen molar-refractivity contribution in [1.29, 1.82) is 0 Å². The summed E-state index contributed by atoms with van der Waals surface area (Å²) in [5, 5.41) is 1.19. The van der Waals surface area contributed by atoms with Crippen molar-refractivity contribution in [3.8, 4) is 0 Å². The summed E-state index contributed by atoms with van der Waals surface area (Å²) in [5.41, 5.74) is 6.12. The van der Waals surface area contributed by atoms with E-state index >= 15 is 0 Å². The lowest BCUT2D eigenvalue weighted by Gasteiger charge is -2.31. The standard InChI is InChI=1S/C28H28F2N2O2S/c1-19-7-3-4-8-22(19)18-32-20(2)28(24-9-5-6-10-26(24)32)21-13-15-31(16-14-21)35(33,34)27-17-23(29)11-12-25(27)30/h3-12,17,21H,13-16,18H2,1-2H3. The third-order valence-electron chi connectivity index (χ3n) is 7.24. The van der Waals surface area contributed by atoms with Gasteiger partial charge in [0.15, 0.2) is 0 Å². The summed E-state index contributed by atoms with van der Waals surface area (Å²) in [6, 6.07) is 19.3. The van der Waals surface area contributed by atoms with E-state index in [1.165, 1.54) is 37.6 Å². The fourth-order valence-electron chi connectivity index (χ4n) is 5.33. The fraction of sp³-hybridized carbons (Fsp3) is 0.286. The van der Waals surface area contributed by atoms with Gasteiger partial charge in [0.1, 0.15) is 16.5 Å². The van der Waals surface area contributed by atoms with Crippen molar-refractivity contribution < 1.29 is 17.2 Å². The van der Waals surface area contributed by atoms with Crippen LogP contribution in [0.4, 0.5) is 8.78 Å². The topological polar surface area (TPSA) is 42.3 Å². The molecule has 0 aliphatic carbocycles. The fourth-order valence-corrected chi connectivity index (χ4v) is 6.88. The van der Waals surface area contributed by atoms with Crippen molar-refractivity contribution in [3.05, 3.63) is 101 Å². The summed E-state index contributed by atoms with van der Waals surface area (Å²) in [6.45, 7) is 5.55. The van der Waals surface area contributed by atoms with Crippen molar-refractivity contribution in [3.63, 3.8) is 0 Å². The van der Waals surface area contributed by atoms with Crippen LogP contribution >= 0.6 is 0 Å². The number of halogens is 2. The first-order valence-corrected chi connectivity index (χ1v) is 13.3. The van der Waals surface area contributed by atoms with Crippen molar-refractivity contribution in [1.82, 2.24) is 8.87 Å². The highest BCUT2D eigenvalue weighted by Crippen LogP contribution is 2.39. The molecular formula is C28H28F2N2O2S. The molecule has 1 aliphatic heterocycles. The highest BCUT2D eigenvalue weighted by atomic mass is 32.2. The summed E-state index contributed by atoms with van der Waals surface area (Å²) in [7, 11) is -4.10. The normalized spacial score (nSPS) is 15.7. The van der Waals surface area contributed by atoms with Crippen LogP contribution in [0.3, 0.4) is 0 Å². The summed E-state index contributed by atoms with van der Waals surface area (Å²) in [6.07, 6.45) is 1.24. The lowest BCUT2D eigenvalue weighted by Crippen LogP contribution is -2.38. The number of piperidine rings is 1. The zero-order valence-electron chi connectivity index (χ0n) is 19.8. The molecule has 7 heteroatoms. The van der Waals surface area contributed by atoms with Gasteiger partial charge in [-0.25, -0.2) is 17.2 Å². The van der Waals surface area contributed by atoms with E-state index in [2.05, 4.69) is 48.7 Å². The average Bonchev–Trinajstić information content (AvgIpc) is 3.13. The van der Waals surface area contributed by atoms with Crippen LogP contribution in [0.25, 0.3) is 10.9 Å². The summed E-state index contributed by atoms with van der Waals surface area (Å²) in [4.78, 5) is -0.595. The lowest BCUT2D eigenvalue weighted by molar-refractivity contribution is 0.318. The molecule has 1 aromatic heterocycles. The summed E-state index contributed by atoms with van der Waals surface area (Å²) < 4.78 is 57.6. The molecule has 35 heavy (non-hydrogen) atoms. The Bertz CT molecular complexity index is 1500. The van der Waals surface area contributed by atoms with Gasteiger partial charge >= 0.3 is 0 Å². The highest BCUT2D eigenvalue weighted by Gasteiger charge is 2.33. The molecule has 1 fully saturated rings. The second-order valence-electron chi connectivity index (χ2n) is 9.28. The number of aromatic nitrogens is 1. The number of fused-ring (bicyclic) bond motifs is 1. The predicted octanol–water partition coefficient (Wildman–Crippen LogP) is 6.15. The number of rotatable bonds is 5. The number of sulfonamides is 1. The Morgan fingerprint density at radius 3 is 2.34 bits per heavy atom. The smallest absolute Gasteiger partial charge is 0.246 e. The molecule has 0 saturated carbocycles. The molecule has 0 bridgehead atoms. The zero-order chi connectivity index (χ0) is 24.7. The van der Waals surface area contributed by atoms with E-state index in [0.29, 0.717) is 12.8 Å². The Balaban J connectivity index is 1.44. The third-order valence-corrected chi connectivity index (χ3v) is 9.16. The van der Waals surface area contributed by atoms with E-state index in [9.17, 15) is 17.2 Å². The van der Waals surface area contributed by atoms with Gasteiger partial charge in [-0.15, -0.1) is 0 Å².